The van der Waals surface area contributed by atoms with Crippen LogP contribution in [0, 0.1) is 0 Å². The standard InChI is InChI=1S/C17H18BrNOS/c1-11(2)13-5-3-12(4-6-13)10-20-16-8-7-14(18)9-15(16)17(19)21/h3-9,11H,10H2,1-2H3,(H2,19,21). The van der Waals surface area contributed by atoms with Gasteiger partial charge < -0.3 is 10.5 Å². The first-order valence-electron chi connectivity index (χ1n) is 6.78. The zero-order valence-corrected chi connectivity index (χ0v) is 14.5. The lowest BCUT2D eigenvalue weighted by Gasteiger charge is -2.12. The average Bonchev–Trinajstić information content (AvgIpc) is 2.46. The summed E-state index contributed by atoms with van der Waals surface area (Å²) >= 11 is 8.47. The fourth-order valence-electron chi connectivity index (χ4n) is 1.98. The van der Waals surface area contributed by atoms with Gasteiger partial charge in [0.25, 0.3) is 0 Å². The molecule has 2 aromatic carbocycles. The molecule has 0 amide bonds. The Labute approximate surface area is 139 Å². The van der Waals surface area contributed by atoms with Crippen LogP contribution in [0.25, 0.3) is 0 Å². The number of ether oxygens (including phenoxy) is 1. The number of hydrogen-bond donors (Lipinski definition) is 1. The Morgan fingerprint density at radius 3 is 2.43 bits per heavy atom. The summed E-state index contributed by atoms with van der Waals surface area (Å²) in [6, 6.07) is 14.1. The van der Waals surface area contributed by atoms with Crippen LogP contribution in [-0.4, -0.2) is 4.99 Å². The number of hydrogen-bond acceptors (Lipinski definition) is 2. The molecule has 0 spiro atoms. The van der Waals surface area contributed by atoms with Crippen molar-refractivity contribution in [3.63, 3.8) is 0 Å². The van der Waals surface area contributed by atoms with E-state index in [4.69, 9.17) is 22.7 Å². The van der Waals surface area contributed by atoms with E-state index >= 15 is 0 Å². The maximum Gasteiger partial charge on any atom is 0.130 e. The van der Waals surface area contributed by atoms with Crippen molar-refractivity contribution in [2.75, 3.05) is 0 Å². The molecule has 2 nitrogen and oxygen atoms in total. The molecule has 110 valence electrons. The molecule has 0 saturated carbocycles. The van der Waals surface area contributed by atoms with Crippen LogP contribution < -0.4 is 10.5 Å². The molecule has 21 heavy (non-hydrogen) atoms. The van der Waals surface area contributed by atoms with Crippen molar-refractivity contribution in [2.45, 2.75) is 26.4 Å². The molecular weight excluding hydrogens is 346 g/mol. The third kappa shape index (κ3) is 4.29. The molecule has 0 aliphatic heterocycles. The highest BCUT2D eigenvalue weighted by molar-refractivity contribution is 9.10. The number of rotatable bonds is 5. The first-order valence-corrected chi connectivity index (χ1v) is 7.98. The summed E-state index contributed by atoms with van der Waals surface area (Å²) in [6.45, 7) is 4.86. The Morgan fingerprint density at radius 1 is 1.19 bits per heavy atom. The highest BCUT2D eigenvalue weighted by Gasteiger charge is 2.08. The third-order valence-electron chi connectivity index (χ3n) is 3.25. The van der Waals surface area contributed by atoms with Crippen molar-refractivity contribution in [3.05, 3.63) is 63.6 Å². The first-order chi connectivity index (χ1) is 9.97. The average molecular weight is 364 g/mol. The number of benzene rings is 2. The van der Waals surface area contributed by atoms with Crippen molar-refractivity contribution < 1.29 is 4.74 Å². The molecule has 2 aromatic rings. The minimum absolute atomic E-state index is 0.335. The topological polar surface area (TPSA) is 35.2 Å². The molecule has 0 aliphatic rings. The van der Waals surface area contributed by atoms with E-state index in [1.165, 1.54) is 5.56 Å². The Kier molecular flexibility index (Phi) is 5.37. The molecule has 0 aromatic heterocycles. The second-order valence-corrected chi connectivity index (χ2v) is 6.55. The highest BCUT2D eigenvalue weighted by atomic mass is 79.9. The smallest absolute Gasteiger partial charge is 0.130 e. The molecule has 0 fully saturated rings. The maximum atomic E-state index is 5.85. The number of halogens is 1. The molecule has 2 N–H and O–H groups in total. The van der Waals surface area contributed by atoms with Crippen molar-refractivity contribution >= 4 is 33.1 Å². The quantitative estimate of drug-likeness (QED) is 0.775. The fourth-order valence-corrected chi connectivity index (χ4v) is 2.50. The van der Waals surface area contributed by atoms with Crippen molar-refractivity contribution in [2.24, 2.45) is 5.73 Å². The lowest BCUT2D eigenvalue weighted by molar-refractivity contribution is 0.305. The molecule has 0 saturated heterocycles. The van der Waals surface area contributed by atoms with Crippen LogP contribution in [0.1, 0.15) is 36.5 Å². The van der Waals surface area contributed by atoms with Crippen LogP contribution in [-0.2, 0) is 6.61 Å². The molecule has 0 aliphatic carbocycles. The lowest BCUT2D eigenvalue weighted by Crippen LogP contribution is -2.11. The lowest BCUT2D eigenvalue weighted by atomic mass is 10.0. The van der Waals surface area contributed by atoms with Gasteiger partial charge in [-0.1, -0.05) is 66.3 Å². The second kappa shape index (κ2) is 7.05. The summed E-state index contributed by atoms with van der Waals surface area (Å²) in [5, 5.41) is 0. The number of nitrogens with two attached hydrogens (primary N) is 1. The van der Waals surface area contributed by atoms with E-state index in [2.05, 4.69) is 54.0 Å². The Bertz CT molecular complexity index is 638. The zero-order chi connectivity index (χ0) is 15.4. The normalized spacial score (nSPS) is 10.7. The Balaban J connectivity index is 2.11. The Morgan fingerprint density at radius 2 is 1.86 bits per heavy atom. The summed E-state index contributed by atoms with van der Waals surface area (Å²) in [5.41, 5.74) is 8.93. The largest absolute Gasteiger partial charge is 0.488 e. The van der Waals surface area contributed by atoms with Crippen molar-refractivity contribution in [3.8, 4) is 5.75 Å². The minimum atomic E-state index is 0.335. The fraction of sp³-hybridized carbons (Fsp3) is 0.235. The summed E-state index contributed by atoms with van der Waals surface area (Å²) in [7, 11) is 0. The van der Waals surface area contributed by atoms with Gasteiger partial charge in [0.2, 0.25) is 0 Å². The molecular formula is C17H18BrNOS. The van der Waals surface area contributed by atoms with Crippen LogP contribution in [0.3, 0.4) is 0 Å². The third-order valence-corrected chi connectivity index (χ3v) is 3.96. The molecule has 0 heterocycles. The van der Waals surface area contributed by atoms with Gasteiger partial charge in [0, 0.05) is 4.47 Å². The van der Waals surface area contributed by atoms with Gasteiger partial charge in [-0.05, 0) is 35.2 Å². The van der Waals surface area contributed by atoms with Crippen LogP contribution in [0.2, 0.25) is 0 Å². The van der Waals surface area contributed by atoms with Crippen LogP contribution in [0.5, 0.6) is 5.75 Å². The molecule has 0 atom stereocenters. The van der Waals surface area contributed by atoms with Crippen molar-refractivity contribution in [1.82, 2.24) is 0 Å². The Hall–Kier alpha value is -1.39. The summed E-state index contributed by atoms with van der Waals surface area (Å²) < 4.78 is 6.78. The van der Waals surface area contributed by atoms with Crippen molar-refractivity contribution in [1.29, 1.82) is 0 Å². The maximum absolute atomic E-state index is 5.85. The van der Waals surface area contributed by atoms with E-state index in [1.807, 2.05) is 18.2 Å². The van der Waals surface area contributed by atoms with Gasteiger partial charge in [-0.25, -0.2) is 0 Å². The summed E-state index contributed by atoms with van der Waals surface area (Å²) in [6.07, 6.45) is 0. The van der Waals surface area contributed by atoms with Gasteiger partial charge in [-0.15, -0.1) is 0 Å². The molecule has 0 unspecified atom stereocenters. The predicted octanol–water partition coefficient (Wildman–Crippen LogP) is 4.79. The second-order valence-electron chi connectivity index (χ2n) is 5.19. The van der Waals surface area contributed by atoms with E-state index in [-0.39, 0.29) is 0 Å². The van der Waals surface area contributed by atoms with E-state index in [1.54, 1.807) is 0 Å². The molecule has 0 radical (unpaired) electrons. The summed E-state index contributed by atoms with van der Waals surface area (Å²) in [4.78, 5) is 0.335. The summed E-state index contributed by atoms with van der Waals surface area (Å²) in [5.74, 6) is 1.24. The van der Waals surface area contributed by atoms with Crippen LogP contribution in [0.15, 0.2) is 46.9 Å². The molecule has 2 rings (SSSR count). The number of thiocarbonyl (C=S) groups is 1. The van der Waals surface area contributed by atoms with Gasteiger partial charge in [-0.2, -0.15) is 0 Å². The van der Waals surface area contributed by atoms with Gasteiger partial charge in [0.1, 0.15) is 17.3 Å². The highest BCUT2D eigenvalue weighted by Crippen LogP contribution is 2.24. The first kappa shape index (κ1) is 16.0. The molecule has 4 heteroatoms. The van der Waals surface area contributed by atoms with Gasteiger partial charge in [0.15, 0.2) is 0 Å². The van der Waals surface area contributed by atoms with Crippen LogP contribution in [0.4, 0.5) is 0 Å². The van der Waals surface area contributed by atoms with Gasteiger partial charge in [0.05, 0.1) is 5.56 Å². The van der Waals surface area contributed by atoms with E-state index in [9.17, 15) is 0 Å². The van der Waals surface area contributed by atoms with E-state index in [0.29, 0.717) is 23.3 Å². The predicted molar refractivity (Wildman–Crippen MR) is 94.9 cm³/mol. The van der Waals surface area contributed by atoms with Crippen LogP contribution >= 0.6 is 28.1 Å². The van der Waals surface area contributed by atoms with Gasteiger partial charge in [-0.3, -0.25) is 0 Å². The van der Waals surface area contributed by atoms with E-state index in [0.717, 1.165) is 15.6 Å². The van der Waals surface area contributed by atoms with Gasteiger partial charge >= 0.3 is 0 Å². The SMILES string of the molecule is CC(C)c1ccc(COc2ccc(Br)cc2C(N)=S)cc1. The zero-order valence-electron chi connectivity index (χ0n) is 12.1. The monoisotopic (exact) mass is 363 g/mol. The minimum Gasteiger partial charge on any atom is -0.488 e. The molecule has 0 bridgehead atoms. The van der Waals surface area contributed by atoms with E-state index < -0.39 is 0 Å².